The van der Waals surface area contributed by atoms with Crippen LogP contribution in [0.15, 0.2) is 64.2 Å². The number of H-pyrrole nitrogens is 1. The fraction of sp³-hybridized carbons (Fsp3) is 0.105. The van der Waals surface area contributed by atoms with Crippen LogP contribution >= 0.6 is 15.9 Å². The molecule has 0 aliphatic heterocycles. The summed E-state index contributed by atoms with van der Waals surface area (Å²) in [6.45, 7) is 2.55. The second-order valence-corrected chi connectivity index (χ2v) is 6.29. The van der Waals surface area contributed by atoms with Gasteiger partial charge in [-0.05, 0) is 55.0 Å². The van der Waals surface area contributed by atoms with Crippen LogP contribution in [0.2, 0.25) is 0 Å². The van der Waals surface area contributed by atoms with Crippen molar-refractivity contribution >= 4 is 28.1 Å². The molecule has 0 bridgehead atoms. The number of ether oxygens (including phenoxy) is 1. The van der Waals surface area contributed by atoms with Gasteiger partial charge < -0.3 is 4.74 Å². The zero-order valence-corrected chi connectivity index (χ0v) is 15.7. The van der Waals surface area contributed by atoms with Gasteiger partial charge in [0.05, 0.1) is 18.5 Å². The molecule has 0 unspecified atom stereocenters. The number of halogens is 1. The monoisotopic (exact) mass is 412 g/mol. The van der Waals surface area contributed by atoms with Crippen molar-refractivity contribution in [3.8, 4) is 17.0 Å². The van der Waals surface area contributed by atoms with Crippen LogP contribution in [0, 0.1) is 0 Å². The SMILES string of the molecule is CCOc1ccc(-c2cc(C(=O)N/N=C/c3ccc(Br)cc3)[nH]n2)cc1. The Labute approximate surface area is 159 Å². The van der Waals surface area contributed by atoms with Gasteiger partial charge in [-0.2, -0.15) is 10.2 Å². The van der Waals surface area contributed by atoms with Crippen LogP contribution < -0.4 is 10.2 Å². The summed E-state index contributed by atoms with van der Waals surface area (Å²) in [6.07, 6.45) is 1.58. The Morgan fingerprint density at radius 3 is 2.65 bits per heavy atom. The van der Waals surface area contributed by atoms with Gasteiger partial charge in [0.15, 0.2) is 0 Å². The summed E-state index contributed by atoms with van der Waals surface area (Å²) in [4.78, 5) is 12.1. The van der Waals surface area contributed by atoms with E-state index >= 15 is 0 Å². The average molecular weight is 413 g/mol. The van der Waals surface area contributed by atoms with E-state index in [1.165, 1.54) is 0 Å². The molecular formula is C19H17BrN4O2. The topological polar surface area (TPSA) is 79.4 Å². The lowest BCUT2D eigenvalue weighted by Crippen LogP contribution is -2.17. The quantitative estimate of drug-likeness (QED) is 0.474. The number of benzene rings is 2. The van der Waals surface area contributed by atoms with Gasteiger partial charge in [0.1, 0.15) is 11.4 Å². The second kappa shape index (κ2) is 8.44. The third kappa shape index (κ3) is 4.58. The van der Waals surface area contributed by atoms with Crippen molar-refractivity contribution in [3.05, 3.63) is 70.3 Å². The molecule has 1 aromatic heterocycles. The molecule has 0 saturated heterocycles. The molecule has 3 aromatic rings. The number of rotatable bonds is 6. The first-order chi connectivity index (χ1) is 12.7. The summed E-state index contributed by atoms with van der Waals surface area (Å²) >= 11 is 3.37. The van der Waals surface area contributed by atoms with E-state index in [9.17, 15) is 4.79 Å². The Balaban J connectivity index is 1.63. The van der Waals surface area contributed by atoms with Gasteiger partial charge in [0, 0.05) is 10.0 Å². The maximum absolute atomic E-state index is 12.1. The van der Waals surface area contributed by atoms with Crippen molar-refractivity contribution in [2.24, 2.45) is 5.10 Å². The Hall–Kier alpha value is -2.93. The minimum absolute atomic E-state index is 0.335. The summed E-state index contributed by atoms with van der Waals surface area (Å²) in [7, 11) is 0. The molecule has 0 fully saturated rings. The minimum atomic E-state index is -0.358. The van der Waals surface area contributed by atoms with Crippen molar-refractivity contribution in [3.63, 3.8) is 0 Å². The first-order valence-electron chi connectivity index (χ1n) is 8.03. The number of nitrogens with one attached hydrogen (secondary N) is 2. The van der Waals surface area contributed by atoms with Gasteiger partial charge in [0.25, 0.3) is 5.91 Å². The van der Waals surface area contributed by atoms with E-state index in [1.54, 1.807) is 12.3 Å². The second-order valence-electron chi connectivity index (χ2n) is 5.37. The highest BCUT2D eigenvalue weighted by molar-refractivity contribution is 9.10. The normalized spacial score (nSPS) is 10.8. The number of aromatic nitrogens is 2. The fourth-order valence-corrected chi connectivity index (χ4v) is 2.51. The third-order valence-corrected chi connectivity index (χ3v) is 4.06. The highest BCUT2D eigenvalue weighted by atomic mass is 79.9. The Morgan fingerprint density at radius 1 is 1.23 bits per heavy atom. The molecule has 1 heterocycles. The average Bonchev–Trinajstić information content (AvgIpc) is 3.14. The molecule has 132 valence electrons. The molecule has 0 aliphatic carbocycles. The number of hydrogen-bond donors (Lipinski definition) is 2. The van der Waals surface area contributed by atoms with E-state index in [0.29, 0.717) is 18.0 Å². The number of carbonyl (C=O) groups excluding carboxylic acids is 1. The van der Waals surface area contributed by atoms with Crippen LogP contribution in [0.1, 0.15) is 23.0 Å². The van der Waals surface area contributed by atoms with E-state index in [2.05, 4.69) is 36.7 Å². The molecule has 7 heteroatoms. The molecular weight excluding hydrogens is 396 g/mol. The maximum Gasteiger partial charge on any atom is 0.289 e. The molecule has 26 heavy (non-hydrogen) atoms. The van der Waals surface area contributed by atoms with Crippen LogP contribution in [0.4, 0.5) is 0 Å². The van der Waals surface area contributed by atoms with Crippen LogP contribution in [0.3, 0.4) is 0 Å². The van der Waals surface area contributed by atoms with Crippen molar-refractivity contribution in [1.82, 2.24) is 15.6 Å². The van der Waals surface area contributed by atoms with Gasteiger partial charge in [0.2, 0.25) is 0 Å². The standard InChI is InChI=1S/C19H17BrN4O2/c1-2-26-16-9-5-14(6-10-16)17-11-18(23-22-17)19(25)24-21-12-13-3-7-15(20)8-4-13/h3-12H,2H2,1H3,(H,22,23)(H,24,25)/b21-12+. The van der Waals surface area contributed by atoms with Gasteiger partial charge in [-0.15, -0.1) is 0 Å². The molecule has 2 aromatic carbocycles. The molecule has 2 N–H and O–H groups in total. The molecule has 6 nitrogen and oxygen atoms in total. The van der Waals surface area contributed by atoms with E-state index in [0.717, 1.165) is 21.3 Å². The molecule has 3 rings (SSSR count). The summed E-state index contributed by atoms with van der Waals surface area (Å²) in [5.74, 6) is 0.440. The number of hydrogen-bond acceptors (Lipinski definition) is 4. The van der Waals surface area contributed by atoms with E-state index in [-0.39, 0.29) is 5.91 Å². The molecule has 1 amide bonds. The number of hydrazone groups is 1. The number of nitrogens with zero attached hydrogens (tertiary/aromatic N) is 2. The van der Waals surface area contributed by atoms with Crippen LogP contribution in [0.5, 0.6) is 5.75 Å². The third-order valence-electron chi connectivity index (χ3n) is 3.53. The van der Waals surface area contributed by atoms with Gasteiger partial charge in [-0.25, -0.2) is 5.43 Å². The van der Waals surface area contributed by atoms with Gasteiger partial charge in [-0.1, -0.05) is 28.1 Å². The highest BCUT2D eigenvalue weighted by Crippen LogP contribution is 2.21. The summed E-state index contributed by atoms with van der Waals surface area (Å²) in [5, 5.41) is 10.9. The lowest BCUT2D eigenvalue weighted by atomic mass is 10.1. The fourth-order valence-electron chi connectivity index (χ4n) is 2.25. The zero-order valence-electron chi connectivity index (χ0n) is 14.1. The highest BCUT2D eigenvalue weighted by Gasteiger charge is 2.10. The van der Waals surface area contributed by atoms with E-state index in [1.807, 2.05) is 55.5 Å². The van der Waals surface area contributed by atoms with E-state index in [4.69, 9.17) is 4.74 Å². The molecule has 0 aliphatic rings. The molecule has 0 radical (unpaired) electrons. The van der Waals surface area contributed by atoms with Gasteiger partial charge in [-0.3, -0.25) is 9.89 Å². The predicted octanol–water partition coefficient (Wildman–Crippen LogP) is 4.00. The Morgan fingerprint density at radius 2 is 1.96 bits per heavy atom. The lowest BCUT2D eigenvalue weighted by Gasteiger charge is -2.02. The van der Waals surface area contributed by atoms with Crippen LogP contribution in [-0.2, 0) is 0 Å². The van der Waals surface area contributed by atoms with Crippen molar-refractivity contribution in [2.45, 2.75) is 6.92 Å². The van der Waals surface area contributed by atoms with Crippen molar-refractivity contribution in [2.75, 3.05) is 6.61 Å². The summed E-state index contributed by atoms with van der Waals surface area (Å²) in [6, 6.07) is 16.8. The van der Waals surface area contributed by atoms with Gasteiger partial charge >= 0.3 is 0 Å². The van der Waals surface area contributed by atoms with Crippen molar-refractivity contribution < 1.29 is 9.53 Å². The predicted molar refractivity (Wildman–Crippen MR) is 104 cm³/mol. The lowest BCUT2D eigenvalue weighted by molar-refractivity contribution is 0.0950. The molecule has 0 saturated carbocycles. The smallest absolute Gasteiger partial charge is 0.289 e. The van der Waals surface area contributed by atoms with Crippen LogP contribution in [0.25, 0.3) is 11.3 Å². The first-order valence-corrected chi connectivity index (χ1v) is 8.82. The summed E-state index contributed by atoms with van der Waals surface area (Å²) < 4.78 is 6.40. The Kier molecular flexibility index (Phi) is 5.80. The number of amides is 1. The van der Waals surface area contributed by atoms with Crippen LogP contribution in [-0.4, -0.2) is 28.9 Å². The largest absolute Gasteiger partial charge is 0.494 e. The number of carbonyl (C=O) groups is 1. The maximum atomic E-state index is 12.1. The first kappa shape index (κ1) is 17.9. The Bertz CT molecular complexity index is 902. The van der Waals surface area contributed by atoms with Crippen molar-refractivity contribution in [1.29, 1.82) is 0 Å². The number of aromatic amines is 1. The molecule has 0 atom stereocenters. The zero-order chi connectivity index (χ0) is 18.4. The van der Waals surface area contributed by atoms with E-state index < -0.39 is 0 Å². The summed E-state index contributed by atoms with van der Waals surface area (Å²) in [5.41, 5.74) is 5.26. The minimum Gasteiger partial charge on any atom is -0.494 e. The molecule has 0 spiro atoms.